The van der Waals surface area contributed by atoms with Crippen LogP contribution in [-0.2, 0) is 4.79 Å². The highest BCUT2D eigenvalue weighted by molar-refractivity contribution is 6.05. The molecule has 2 aliphatic carbocycles. The summed E-state index contributed by atoms with van der Waals surface area (Å²) < 4.78 is 0. The number of nitrogens with two attached hydrogens (primary N) is 1. The number of amides is 2. The van der Waals surface area contributed by atoms with E-state index in [0.717, 1.165) is 25.7 Å². The van der Waals surface area contributed by atoms with E-state index in [0.29, 0.717) is 23.8 Å². The number of hydrogen-bond donors (Lipinski definition) is 3. The molecule has 20 heavy (non-hydrogen) atoms. The molecule has 2 amide bonds. The molecule has 0 radical (unpaired) electrons. The first-order valence-corrected chi connectivity index (χ1v) is 7.06. The van der Waals surface area contributed by atoms with Gasteiger partial charge in [-0.3, -0.25) is 9.59 Å². The van der Waals surface area contributed by atoms with Crippen LogP contribution < -0.4 is 16.4 Å². The third-order valence-corrected chi connectivity index (χ3v) is 4.06. The molecule has 0 spiro atoms. The molecule has 106 valence electrons. The molecule has 4 N–H and O–H groups in total. The van der Waals surface area contributed by atoms with Crippen molar-refractivity contribution in [3.05, 3.63) is 29.8 Å². The number of hydrogen-bond acceptors (Lipinski definition) is 3. The first kappa shape index (κ1) is 13.1. The standard InChI is InChI=1S/C15H19N3O2/c16-9-15(7-8-15)14(20)18-12-4-2-1-3-11(12)13(19)17-10-5-6-10/h1-4,10H,5-9,16H2,(H,17,19)(H,18,20). The van der Waals surface area contributed by atoms with E-state index in [2.05, 4.69) is 10.6 Å². The van der Waals surface area contributed by atoms with E-state index in [4.69, 9.17) is 5.73 Å². The lowest BCUT2D eigenvalue weighted by Gasteiger charge is -2.15. The topological polar surface area (TPSA) is 84.2 Å². The molecule has 5 nitrogen and oxygen atoms in total. The highest BCUT2D eigenvalue weighted by Crippen LogP contribution is 2.45. The fourth-order valence-electron chi connectivity index (χ4n) is 2.21. The Morgan fingerprint density at radius 1 is 1.25 bits per heavy atom. The summed E-state index contributed by atoms with van der Waals surface area (Å²) in [4.78, 5) is 24.4. The van der Waals surface area contributed by atoms with Crippen LogP contribution in [0, 0.1) is 5.41 Å². The van der Waals surface area contributed by atoms with Crippen LogP contribution in [0.5, 0.6) is 0 Å². The van der Waals surface area contributed by atoms with Crippen molar-refractivity contribution in [3.63, 3.8) is 0 Å². The lowest BCUT2D eigenvalue weighted by molar-refractivity contribution is -0.120. The van der Waals surface area contributed by atoms with Crippen LogP contribution >= 0.6 is 0 Å². The molecule has 0 unspecified atom stereocenters. The van der Waals surface area contributed by atoms with E-state index in [1.807, 2.05) is 6.07 Å². The molecule has 2 saturated carbocycles. The molecule has 0 bridgehead atoms. The Kier molecular flexibility index (Phi) is 3.22. The summed E-state index contributed by atoms with van der Waals surface area (Å²) >= 11 is 0. The van der Waals surface area contributed by atoms with Gasteiger partial charge in [-0.25, -0.2) is 0 Å². The number of benzene rings is 1. The first-order chi connectivity index (χ1) is 9.64. The van der Waals surface area contributed by atoms with Gasteiger partial charge in [0.1, 0.15) is 0 Å². The minimum atomic E-state index is -0.417. The van der Waals surface area contributed by atoms with E-state index >= 15 is 0 Å². The predicted molar refractivity (Wildman–Crippen MR) is 76.3 cm³/mol. The monoisotopic (exact) mass is 273 g/mol. The van der Waals surface area contributed by atoms with Crippen LogP contribution in [0.2, 0.25) is 0 Å². The summed E-state index contributed by atoms with van der Waals surface area (Å²) in [5.74, 6) is -0.201. The summed E-state index contributed by atoms with van der Waals surface area (Å²) in [6, 6.07) is 7.39. The van der Waals surface area contributed by atoms with Crippen molar-refractivity contribution in [2.75, 3.05) is 11.9 Å². The van der Waals surface area contributed by atoms with Gasteiger partial charge in [0.15, 0.2) is 0 Å². The summed E-state index contributed by atoms with van der Waals surface area (Å²) in [6.07, 6.45) is 3.73. The maximum atomic E-state index is 12.2. The van der Waals surface area contributed by atoms with E-state index < -0.39 is 5.41 Å². The lowest BCUT2D eigenvalue weighted by atomic mass is 10.1. The van der Waals surface area contributed by atoms with Crippen LogP contribution in [0.15, 0.2) is 24.3 Å². The second kappa shape index (κ2) is 4.90. The fraction of sp³-hybridized carbons (Fsp3) is 0.467. The SMILES string of the molecule is NCC1(C(=O)Nc2ccccc2C(=O)NC2CC2)CC1. The van der Waals surface area contributed by atoms with Gasteiger partial charge in [0.2, 0.25) is 5.91 Å². The molecular weight excluding hydrogens is 254 g/mol. The number of anilines is 1. The van der Waals surface area contributed by atoms with Gasteiger partial charge in [0.05, 0.1) is 16.7 Å². The highest BCUT2D eigenvalue weighted by atomic mass is 16.2. The van der Waals surface area contributed by atoms with E-state index in [1.54, 1.807) is 18.2 Å². The third-order valence-electron chi connectivity index (χ3n) is 4.06. The molecule has 1 aromatic rings. The van der Waals surface area contributed by atoms with Crippen molar-refractivity contribution in [3.8, 4) is 0 Å². The Morgan fingerprint density at radius 2 is 1.95 bits per heavy atom. The molecule has 0 aromatic heterocycles. The number of rotatable bonds is 5. The lowest BCUT2D eigenvalue weighted by Crippen LogP contribution is -2.32. The minimum Gasteiger partial charge on any atom is -0.349 e. The Bertz CT molecular complexity index is 548. The maximum absolute atomic E-state index is 12.2. The molecule has 0 aliphatic heterocycles. The zero-order valence-electron chi connectivity index (χ0n) is 11.3. The van der Waals surface area contributed by atoms with Crippen molar-refractivity contribution in [1.82, 2.24) is 5.32 Å². The smallest absolute Gasteiger partial charge is 0.253 e. The van der Waals surface area contributed by atoms with Gasteiger partial charge >= 0.3 is 0 Å². The van der Waals surface area contributed by atoms with Gasteiger partial charge in [0.25, 0.3) is 5.91 Å². The number of carbonyl (C=O) groups excluding carboxylic acids is 2. The summed E-state index contributed by atoms with van der Waals surface area (Å²) in [7, 11) is 0. The van der Waals surface area contributed by atoms with Crippen LogP contribution in [0.4, 0.5) is 5.69 Å². The van der Waals surface area contributed by atoms with Crippen molar-refractivity contribution in [2.24, 2.45) is 11.1 Å². The van der Waals surface area contributed by atoms with Gasteiger partial charge in [-0.1, -0.05) is 12.1 Å². The van der Waals surface area contributed by atoms with Gasteiger partial charge < -0.3 is 16.4 Å². The number of carbonyl (C=O) groups is 2. The molecule has 1 aromatic carbocycles. The molecule has 3 rings (SSSR count). The summed E-state index contributed by atoms with van der Waals surface area (Å²) in [5.41, 5.74) is 6.32. The highest BCUT2D eigenvalue weighted by Gasteiger charge is 2.48. The van der Waals surface area contributed by atoms with Crippen LogP contribution in [0.1, 0.15) is 36.0 Å². The van der Waals surface area contributed by atoms with Crippen LogP contribution in [-0.4, -0.2) is 24.4 Å². The van der Waals surface area contributed by atoms with Gasteiger partial charge in [0, 0.05) is 12.6 Å². The molecular formula is C15H19N3O2. The average Bonchev–Trinajstić information content (AvgIpc) is 3.34. The van der Waals surface area contributed by atoms with Crippen molar-refractivity contribution < 1.29 is 9.59 Å². The second-order valence-electron chi connectivity index (χ2n) is 5.73. The fourth-order valence-corrected chi connectivity index (χ4v) is 2.21. The first-order valence-electron chi connectivity index (χ1n) is 7.06. The Balaban J connectivity index is 1.75. The largest absolute Gasteiger partial charge is 0.349 e. The third kappa shape index (κ3) is 2.54. The molecule has 2 aliphatic rings. The van der Waals surface area contributed by atoms with E-state index in [1.165, 1.54) is 0 Å². The average molecular weight is 273 g/mol. The van der Waals surface area contributed by atoms with Gasteiger partial charge in [-0.05, 0) is 37.8 Å². The van der Waals surface area contributed by atoms with Crippen molar-refractivity contribution in [2.45, 2.75) is 31.7 Å². The maximum Gasteiger partial charge on any atom is 0.253 e. The quantitative estimate of drug-likeness (QED) is 0.755. The van der Waals surface area contributed by atoms with E-state index in [9.17, 15) is 9.59 Å². The predicted octanol–water partition coefficient (Wildman–Crippen LogP) is 1.26. The zero-order chi connectivity index (χ0) is 14.2. The number of para-hydroxylation sites is 1. The Hall–Kier alpha value is -1.88. The van der Waals surface area contributed by atoms with Gasteiger partial charge in [-0.2, -0.15) is 0 Å². The minimum absolute atomic E-state index is 0.0772. The second-order valence-corrected chi connectivity index (χ2v) is 5.73. The van der Waals surface area contributed by atoms with Crippen LogP contribution in [0.3, 0.4) is 0 Å². The molecule has 5 heteroatoms. The Labute approximate surface area is 117 Å². The normalized spacial score (nSPS) is 19.2. The zero-order valence-corrected chi connectivity index (χ0v) is 11.3. The van der Waals surface area contributed by atoms with Crippen molar-refractivity contribution >= 4 is 17.5 Å². The van der Waals surface area contributed by atoms with Gasteiger partial charge in [-0.15, -0.1) is 0 Å². The van der Waals surface area contributed by atoms with E-state index in [-0.39, 0.29) is 11.8 Å². The molecule has 0 saturated heterocycles. The summed E-state index contributed by atoms with van der Waals surface area (Å²) in [6.45, 7) is 0.356. The van der Waals surface area contributed by atoms with Crippen molar-refractivity contribution in [1.29, 1.82) is 0 Å². The molecule has 2 fully saturated rings. The van der Waals surface area contributed by atoms with Crippen LogP contribution in [0.25, 0.3) is 0 Å². The number of nitrogens with one attached hydrogen (secondary N) is 2. The Morgan fingerprint density at radius 3 is 2.55 bits per heavy atom. The molecule has 0 atom stereocenters. The molecule has 0 heterocycles. The summed E-state index contributed by atoms with van der Waals surface area (Å²) in [5, 5.41) is 5.80.